The van der Waals surface area contributed by atoms with E-state index >= 15 is 0 Å². The Bertz CT molecular complexity index is 1440. The highest BCUT2D eigenvalue weighted by atomic mass is 16.5. The van der Waals surface area contributed by atoms with Crippen molar-refractivity contribution >= 4 is 16.9 Å². The van der Waals surface area contributed by atoms with Gasteiger partial charge in [-0.15, -0.1) is 0 Å². The van der Waals surface area contributed by atoms with Crippen molar-refractivity contribution in [2.24, 2.45) is 7.05 Å². The number of aromatic nitrogens is 5. The van der Waals surface area contributed by atoms with Crippen molar-refractivity contribution in [1.82, 2.24) is 28.0 Å². The molecule has 0 saturated carbocycles. The van der Waals surface area contributed by atoms with Gasteiger partial charge in [0.2, 0.25) is 5.78 Å². The van der Waals surface area contributed by atoms with E-state index in [1.165, 1.54) is 9.13 Å². The zero-order valence-electron chi connectivity index (χ0n) is 19.6. The highest BCUT2D eigenvalue weighted by Crippen LogP contribution is 2.27. The van der Waals surface area contributed by atoms with Gasteiger partial charge in [0.25, 0.3) is 5.56 Å². The minimum Gasteiger partial charge on any atom is -0.379 e. The van der Waals surface area contributed by atoms with Crippen LogP contribution in [-0.2, 0) is 18.3 Å². The molecule has 5 rings (SSSR count). The number of ether oxygens (including phenoxy) is 1. The van der Waals surface area contributed by atoms with Crippen molar-refractivity contribution in [3.05, 3.63) is 68.1 Å². The summed E-state index contributed by atoms with van der Waals surface area (Å²) in [6, 6.07) is 10.2. The van der Waals surface area contributed by atoms with Crippen LogP contribution in [0.3, 0.4) is 0 Å². The molecule has 1 aliphatic heterocycles. The van der Waals surface area contributed by atoms with E-state index in [9.17, 15) is 9.59 Å². The zero-order valence-corrected chi connectivity index (χ0v) is 19.6. The van der Waals surface area contributed by atoms with Gasteiger partial charge in [0, 0.05) is 44.6 Å². The monoisotopic (exact) mass is 450 g/mol. The maximum absolute atomic E-state index is 13.6. The predicted molar refractivity (Wildman–Crippen MR) is 127 cm³/mol. The van der Waals surface area contributed by atoms with E-state index in [1.54, 1.807) is 7.05 Å². The Balaban J connectivity index is 1.67. The molecule has 33 heavy (non-hydrogen) atoms. The fourth-order valence-corrected chi connectivity index (χ4v) is 4.88. The lowest BCUT2D eigenvalue weighted by Gasteiger charge is -2.26. The van der Waals surface area contributed by atoms with Crippen LogP contribution in [0.2, 0.25) is 0 Å². The van der Waals surface area contributed by atoms with Crippen LogP contribution in [0.5, 0.6) is 0 Å². The van der Waals surface area contributed by atoms with Crippen molar-refractivity contribution in [2.45, 2.75) is 33.4 Å². The molecule has 1 atom stereocenters. The van der Waals surface area contributed by atoms with Gasteiger partial charge in [-0.25, -0.2) is 4.79 Å². The van der Waals surface area contributed by atoms with Gasteiger partial charge in [0.15, 0.2) is 11.2 Å². The smallest absolute Gasteiger partial charge is 0.332 e. The second-order valence-electron chi connectivity index (χ2n) is 8.80. The van der Waals surface area contributed by atoms with Crippen LogP contribution < -0.4 is 11.2 Å². The molecule has 1 fully saturated rings. The van der Waals surface area contributed by atoms with E-state index in [2.05, 4.69) is 28.5 Å². The summed E-state index contributed by atoms with van der Waals surface area (Å²) in [6.07, 6.45) is 0. The van der Waals surface area contributed by atoms with E-state index in [0.29, 0.717) is 43.2 Å². The Morgan fingerprint density at radius 2 is 1.73 bits per heavy atom. The van der Waals surface area contributed by atoms with Crippen LogP contribution in [0, 0.1) is 13.8 Å². The summed E-state index contributed by atoms with van der Waals surface area (Å²) >= 11 is 0. The lowest BCUT2D eigenvalue weighted by atomic mass is 10.1. The van der Waals surface area contributed by atoms with Gasteiger partial charge in [-0.05, 0) is 26.3 Å². The highest BCUT2D eigenvalue weighted by molar-refractivity contribution is 5.76. The average Bonchev–Trinajstić information content (AvgIpc) is 3.33. The number of nitrogens with zero attached hydrogens (tertiary/aromatic N) is 6. The Kier molecular flexibility index (Phi) is 5.46. The lowest BCUT2D eigenvalue weighted by molar-refractivity contribution is 0.0361. The lowest BCUT2D eigenvalue weighted by Crippen LogP contribution is -2.44. The van der Waals surface area contributed by atoms with Gasteiger partial charge >= 0.3 is 5.69 Å². The Morgan fingerprint density at radius 3 is 2.42 bits per heavy atom. The molecule has 0 amide bonds. The molecule has 1 aromatic carbocycles. The summed E-state index contributed by atoms with van der Waals surface area (Å²) in [4.78, 5) is 33.7. The molecule has 0 N–H and O–H groups in total. The molecule has 1 aliphatic rings. The summed E-state index contributed by atoms with van der Waals surface area (Å²) in [6.45, 7) is 10.1. The summed E-state index contributed by atoms with van der Waals surface area (Å²) in [7, 11) is 1.69. The Morgan fingerprint density at radius 1 is 1.03 bits per heavy atom. The molecule has 4 aromatic rings. The molecule has 9 nitrogen and oxygen atoms in total. The normalized spacial score (nSPS) is 16.1. The first-order valence-corrected chi connectivity index (χ1v) is 11.4. The standard InChI is InChI=1S/C24H30N6O3/c1-16-17(2)30-20-21(25-23(30)29(16)18(3)19-8-6-5-7-9-19)26(4)24(32)28(22(20)31)11-10-27-12-14-33-15-13-27/h5-9,18H,10-15H2,1-4H3/t18-/m0/s1. The van der Waals surface area contributed by atoms with Gasteiger partial charge in [-0.3, -0.25) is 23.2 Å². The molecule has 4 heterocycles. The van der Waals surface area contributed by atoms with Crippen LogP contribution in [0.25, 0.3) is 16.9 Å². The van der Waals surface area contributed by atoms with Gasteiger partial charge in [0.05, 0.1) is 19.3 Å². The van der Waals surface area contributed by atoms with E-state index in [-0.39, 0.29) is 17.3 Å². The van der Waals surface area contributed by atoms with Crippen molar-refractivity contribution in [3.8, 4) is 0 Å². The number of aryl methyl sites for hydroxylation is 2. The van der Waals surface area contributed by atoms with Crippen LogP contribution in [0.15, 0.2) is 39.9 Å². The fraction of sp³-hybridized carbons (Fsp3) is 0.458. The number of imidazole rings is 2. The van der Waals surface area contributed by atoms with Gasteiger partial charge in [0.1, 0.15) is 0 Å². The quantitative estimate of drug-likeness (QED) is 0.463. The molecule has 174 valence electrons. The third-order valence-electron chi connectivity index (χ3n) is 6.97. The largest absolute Gasteiger partial charge is 0.379 e. The first-order chi connectivity index (χ1) is 15.9. The van der Waals surface area contributed by atoms with Gasteiger partial charge < -0.3 is 9.30 Å². The summed E-state index contributed by atoms with van der Waals surface area (Å²) in [5.74, 6) is 0.675. The zero-order chi connectivity index (χ0) is 23.3. The summed E-state index contributed by atoms with van der Waals surface area (Å²) in [5, 5.41) is 0. The Labute approximate surface area is 191 Å². The predicted octanol–water partition coefficient (Wildman–Crippen LogP) is 1.71. The molecule has 0 bridgehead atoms. The third-order valence-corrected chi connectivity index (χ3v) is 6.97. The molecule has 0 unspecified atom stereocenters. The second kappa shape index (κ2) is 8.31. The molecule has 0 spiro atoms. The first kappa shape index (κ1) is 21.7. The fourth-order valence-electron chi connectivity index (χ4n) is 4.88. The minimum atomic E-state index is -0.335. The van der Waals surface area contributed by atoms with Crippen molar-refractivity contribution in [3.63, 3.8) is 0 Å². The van der Waals surface area contributed by atoms with E-state index in [4.69, 9.17) is 9.72 Å². The Hall–Kier alpha value is -3.17. The van der Waals surface area contributed by atoms with E-state index < -0.39 is 0 Å². The van der Waals surface area contributed by atoms with Crippen LogP contribution in [0.1, 0.15) is 29.9 Å². The number of fused-ring (bicyclic) bond motifs is 3. The molecule has 1 saturated heterocycles. The van der Waals surface area contributed by atoms with Crippen molar-refractivity contribution in [1.29, 1.82) is 0 Å². The van der Waals surface area contributed by atoms with Crippen LogP contribution in [-0.4, -0.2) is 60.8 Å². The second-order valence-corrected chi connectivity index (χ2v) is 8.80. The van der Waals surface area contributed by atoms with Crippen LogP contribution in [0.4, 0.5) is 0 Å². The molecule has 0 aliphatic carbocycles. The molecular weight excluding hydrogens is 420 g/mol. The first-order valence-electron chi connectivity index (χ1n) is 11.4. The van der Waals surface area contributed by atoms with E-state index in [0.717, 1.165) is 30.0 Å². The van der Waals surface area contributed by atoms with Crippen molar-refractivity contribution in [2.75, 3.05) is 32.8 Å². The molecular formula is C24H30N6O3. The number of rotatable bonds is 5. The SMILES string of the molecule is Cc1c(C)n2c3c(=O)n(CCN4CCOCC4)c(=O)n(C)c3nc2n1[C@@H](C)c1ccccc1. The molecule has 9 heteroatoms. The van der Waals surface area contributed by atoms with Gasteiger partial charge in [-0.1, -0.05) is 30.3 Å². The molecule has 3 aromatic heterocycles. The average molecular weight is 451 g/mol. The van der Waals surface area contributed by atoms with Gasteiger partial charge in [-0.2, -0.15) is 4.98 Å². The summed E-state index contributed by atoms with van der Waals surface area (Å²) in [5.41, 5.74) is 3.39. The van der Waals surface area contributed by atoms with Crippen LogP contribution >= 0.6 is 0 Å². The number of morpholine rings is 1. The number of benzene rings is 1. The maximum Gasteiger partial charge on any atom is 0.332 e. The number of hydrogen-bond donors (Lipinski definition) is 0. The topological polar surface area (TPSA) is 78.7 Å². The number of hydrogen-bond acceptors (Lipinski definition) is 5. The third kappa shape index (κ3) is 3.43. The van der Waals surface area contributed by atoms with Crippen molar-refractivity contribution < 1.29 is 4.74 Å². The summed E-state index contributed by atoms with van der Waals surface area (Å²) < 4.78 is 12.3. The highest BCUT2D eigenvalue weighted by Gasteiger charge is 2.25. The van der Waals surface area contributed by atoms with E-state index in [1.807, 2.05) is 36.4 Å². The molecule has 0 radical (unpaired) electrons. The minimum absolute atomic E-state index is 0.0276. The maximum atomic E-state index is 13.6.